The van der Waals surface area contributed by atoms with E-state index in [0.29, 0.717) is 17.7 Å². The quantitative estimate of drug-likeness (QED) is 0.822. The van der Waals surface area contributed by atoms with Gasteiger partial charge in [0, 0.05) is 0 Å². The van der Waals surface area contributed by atoms with Crippen molar-refractivity contribution in [3.8, 4) is 11.5 Å². The van der Waals surface area contributed by atoms with E-state index in [1.54, 1.807) is 26.0 Å². The van der Waals surface area contributed by atoms with Gasteiger partial charge in [-0.05, 0) is 31.0 Å². The van der Waals surface area contributed by atoms with Crippen LogP contribution in [0.4, 0.5) is 0 Å². The van der Waals surface area contributed by atoms with E-state index in [2.05, 4.69) is 0 Å². The number of benzene rings is 1. The van der Waals surface area contributed by atoms with Gasteiger partial charge in [-0.15, -0.1) is 0 Å². The lowest BCUT2D eigenvalue weighted by Crippen LogP contribution is -2.31. The lowest BCUT2D eigenvalue weighted by Gasteiger charge is -2.23. The normalized spacial score (nSPS) is 14.2. The number of phenolic OH excluding ortho intramolecular Hbond substituents is 1. The summed E-state index contributed by atoms with van der Waals surface area (Å²) >= 11 is 0. The highest BCUT2D eigenvalue weighted by atomic mass is 16.5. The van der Waals surface area contributed by atoms with Gasteiger partial charge in [0.1, 0.15) is 0 Å². The molecule has 0 fully saturated rings. The Bertz CT molecular complexity index is 400. The molecule has 1 unspecified atom stereocenters. The maximum Gasteiger partial charge on any atom is 0.313 e. The summed E-state index contributed by atoms with van der Waals surface area (Å²) in [7, 11) is 1.45. The lowest BCUT2D eigenvalue weighted by atomic mass is 9.80. The first-order valence-electron chi connectivity index (χ1n) is 5.06. The molecule has 0 radical (unpaired) electrons. The Labute approximate surface area is 94.5 Å². The molecule has 4 nitrogen and oxygen atoms in total. The van der Waals surface area contributed by atoms with Gasteiger partial charge in [-0.3, -0.25) is 4.79 Å². The number of ether oxygens (including phenoxy) is 1. The second kappa shape index (κ2) is 4.43. The highest BCUT2D eigenvalue weighted by molar-refractivity contribution is 5.81. The van der Waals surface area contributed by atoms with Gasteiger partial charge in [0.25, 0.3) is 0 Å². The van der Waals surface area contributed by atoms with Crippen LogP contribution < -0.4 is 4.74 Å². The minimum atomic E-state index is -0.982. The van der Waals surface area contributed by atoms with E-state index >= 15 is 0 Å². The molecule has 1 rings (SSSR count). The summed E-state index contributed by atoms with van der Waals surface area (Å²) in [5.74, 6) is -0.604. The first-order chi connectivity index (χ1) is 7.45. The SMILES string of the molecule is CCC(C)(C(=O)O)c1ccc(OC)c(O)c1. The Morgan fingerprint density at radius 3 is 2.50 bits per heavy atom. The van der Waals surface area contributed by atoms with E-state index in [1.165, 1.54) is 13.2 Å². The van der Waals surface area contributed by atoms with Crippen LogP contribution >= 0.6 is 0 Å². The number of aromatic hydroxyl groups is 1. The van der Waals surface area contributed by atoms with Crippen molar-refractivity contribution in [1.82, 2.24) is 0 Å². The molecule has 1 atom stereocenters. The van der Waals surface area contributed by atoms with Crippen LogP contribution in [-0.2, 0) is 10.2 Å². The molecule has 0 amide bonds. The molecule has 0 aliphatic heterocycles. The molecule has 0 saturated carbocycles. The summed E-state index contributed by atoms with van der Waals surface area (Å²) in [6.45, 7) is 3.44. The van der Waals surface area contributed by atoms with Crippen LogP contribution in [0.5, 0.6) is 11.5 Å². The maximum absolute atomic E-state index is 11.2. The van der Waals surface area contributed by atoms with Crippen molar-refractivity contribution in [2.45, 2.75) is 25.7 Å². The van der Waals surface area contributed by atoms with Crippen LogP contribution in [0, 0.1) is 0 Å². The zero-order valence-electron chi connectivity index (χ0n) is 9.65. The zero-order valence-corrected chi connectivity index (χ0v) is 9.65. The van der Waals surface area contributed by atoms with Crippen LogP contribution in [-0.4, -0.2) is 23.3 Å². The molecule has 0 aliphatic carbocycles. The van der Waals surface area contributed by atoms with E-state index in [4.69, 9.17) is 4.74 Å². The molecule has 1 aromatic carbocycles. The van der Waals surface area contributed by atoms with Crippen LogP contribution in [0.1, 0.15) is 25.8 Å². The summed E-state index contributed by atoms with van der Waals surface area (Å²) in [5.41, 5.74) is -0.412. The average Bonchev–Trinajstić information content (AvgIpc) is 2.27. The van der Waals surface area contributed by atoms with Gasteiger partial charge in [-0.1, -0.05) is 13.0 Å². The third kappa shape index (κ3) is 1.96. The largest absolute Gasteiger partial charge is 0.504 e. The molecule has 1 aromatic rings. The van der Waals surface area contributed by atoms with Gasteiger partial charge < -0.3 is 14.9 Å². The summed E-state index contributed by atoms with van der Waals surface area (Å²) < 4.78 is 4.91. The molecule has 0 aliphatic rings. The Morgan fingerprint density at radius 2 is 2.12 bits per heavy atom. The number of phenols is 1. The fourth-order valence-corrected chi connectivity index (χ4v) is 1.51. The molecule has 0 bridgehead atoms. The predicted molar refractivity (Wildman–Crippen MR) is 59.9 cm³/mol. The van der Waals surface area contributed by atoms with Gasteiger partial charge >= 0.3 is 5.97 Å². The molecular weight excluding hydrogens is 208 g/mol. The lowest BCUT2D eigenvalue weighted by molar-refractivity contribution is -0.143. The minimum Gasteiger partial charge on any atom is -0.504 e. The second-order valence-corrected chi connectivity index (χ2v) is 3.88. The molecule has 0 spiro atoms. The Morgan fingerprint density at radius 1 is 1.50 bits per heavy atom. The third-order valence-electron chi connectivity index (χ3n) is 3.00. The number of carbonyl (C=O) groups is 1. The number of aliphatic carboxylic acids is 1. The predicted octanol–water partition coefficient (Wildman–Crippen LogP) is 2.15. The fourth-order valence-electron chi connectivity index (χ4n) is 1.51. The van der Waals surface area contributed by atoms with Gasteiger partial charge in [0.15, 0.2) is 11.5 Å². The topological polar surface area (TPSA) is 66.8 Å². The van der Waals surface area contributed by atoms with Crippen molar-refractivity contribution in [2.75, 3.05) is 7.11 Å². The Balaban J connectivity index is 3.23. The fraction of sp³-hybridized carbons (Fsp3) is 0.417. The van der Waals surface area contributed by atoms with Crippen LogP contribution in [0.3, 0.4) is 0 Å². The molecular formula is C12H16O4. The summed E-state index contributed by atoms with van der Waals surface area (Å²) in [6, 6.07) is 4.67. The Kier molecular flexibility index (Phi) is 3.42. The second-order valence-electron chi connectivity index (χ2n) is 3.88. The van der Waals surface area contributed by atoms with Crippen molar-refractivity contribution in [3.05, 3.63) is 23.8 Å². The van der Waals surface area contributed by atoms with Gasteiger partial charge in [0.05, 0.1) is 12.5 Å². The summed E-state index contributed by atoms with van der Waals surface area (Å²) in [6.07, 6.45) is 0.452. The average molecular weight is 224 g/mol. The first kappa shape index (κ1) is 12.4. The molecule has 0 heterocycles. The van der Waals surface area contributed by atoms with E-state index in [0.717, 1.165) is 0 Å². The molecule has 4 heteroatoms. The van der Waals surface area contributed by atoms with Crippen LogP contribution in [0.2, 0.25) is 0 Å². The standard InChI is InChI=1S/C12H16O4/c1-4-12(2,11(14)15)8-5-6-10(16-3)9(13)7-8/h5-7,13H,4H2,1-3H3,(H,14,15). The third-order valence-corrected chi connectivity index (χ3v) is 3.00. The summed E-state index contributed by atoms with van der Waals surface area (Å²) in [5, 5.41) is 18.8. The van der Waals surface area contributed by atoms with Crippen LogP contribution in [0.15, 0.2) is 18.2 Å². The highest BCUT2D eigenvalue weighted by Gasteiger charge is 2.33. The molecule has 0 saturated heterocycles. The molecule has 88 valence electrons. The first-order valence-corrected chi connectivity index (χ1v) is 5.06. The number of hydrogen-bond donors (Lipinski definition) is 2. The highest BCUT2D eigenvalue weighted by Crippen LogP contribution is 2.34. The zero-order chi connectivity index (χ0) is 12.3. The molecule has 16 heavy (non-hydrogen) atoms. The van der Waals surface area contributed by atoms with Crippen molar-refractivity contribution in [2.24, 2.45) is 0 Å². The Hall–Kier alpha value is -1.71. The maximum atomic E-state index is 11.2. The van der Waals surface area contributed by atoms with E-state index < -0.39 is 11.4 Å². The minimum absolute atomic E-state index is 0.0408. The summed E-state index contributed by atoms with van der Waals surface area (Å²) in [4.78, 5) is 11.2. The van der Waals surface area contributed by atoms with Crippen molar-refractivity contribution < 1.29 is 19.7 Å². The number of hydrogen-bond acceptors (Lipinski definition) is 3. The number of carboxylic acid groups (broad SMARTS) is 1. The van der Waals surface area contributed by atoms with Crippen LogP contribution in [0.25, 0.3) is 0 Å². The van der Waals surface area contributed by atoms with E-state index in [1.807, 2.05) is 0 Å². The molecule has 2 N–H and O–H groups in total. The van der Waals surface area contributed by atoms with Gasteiger partial charge in [-0.25, -0.2) is 0 Å². The van der Waals surface area contributed by atoms with Crippen molar-refractivity contribution in [3.63, 3.8) is 0 Å². The monoisotopic (exact) mass is 224 g/mol. The van der Waals surface area contributed by atoms with Crippen molar-refractivity contribution >= 4 is 5.97 Å². The van der Waals surface area contributed by atoms with Gasteiger partial charge in [-0.2, -0.15) is 0 Å². The number of rotatable bonds is 4. The number of methoxy groups -OCH3 is 1. The molecule has 0 aromatic heterocycles. The van der Waals surface area contributed by atoms with Crippen molar-refractivity contribution in [1.29, 1.82) is 0 Å². The smallest absolute Gasteiger partial charge is 0.313 e. The van der Waals surface area contributed by atoms with Gasteiger partial charge in [0.2, 0.25) is 0 Å². The number of carboxylic acids is 1. The van der Waals surface area contributed by atoms with E-state index in [9.17, 15) is 15.0 Å². The van der Waals surface area contributed by atoms with E-state index in [-0.39, 0.29) is 5.75 Å².